The number of benzene rings is 4. The third kappa shape index (κ3) is 3.97. The number of aromatic amines is 1. The van der Waals surface area contributed by atoms with Crippen LogP contribution in [0, 0.1) is 6.92 Å². The van der Waals surface area contributed by atoms with Gasteiger partial charge in [0.2, 0.25) is 0 Å². The van der Waals surface area contributed by atoms with Crippen molar-refractivity contribution in [2.24, 2.45) is 0 Å². The molecule has 0 fully saturated rings. The van der Waals surface area contributed by atoms with Gasteiger partial charge in [-0.2, -0.15) is 0 Å². The molecular formula is C29H25NO4. The Morgan fingerprint density at radius 2 is 1.65 bits per heavy atom. The van der Waals surface area contributed by atoms with Crippen molar-refractivity contribution in [2.75, 3.05) is 6.61 Å². The average Bonchev–Trinajstić information content (AvgIpc) is 3.21. The predicted molar refractivity (Wildman–Crippen MR) is 135 cm³/mol. The molecule has 5 aromatic rings. The van der Waals surface area contributed by atoms with E-state index in [1.807, 2.05) is 54.6 Å². The number of aromatic nitrogens is 1. The molecule has 0 amide bonds. The number of aryl methyl sites for hydroxylation is 2. The smallest absolute Gasteiger partial charge is 0.352 e. The van der Waals surface area contributed by atoms with Crippen molar-refractivity contribution in [3.8, 4) is 22.6 Å². The minimum atomic E-state index is -0.971. The molecule has 0 aliphatic heterocycles. The first kappa shape index (κ1) is 21.6. The Labute approximate surface area is 197 Å². The van der Waals surface area contributed by atoms with Gasteiger partial charge in [-0.1, -0.05) is 66.7 Å². The van der Waals surface area contributed by atoms with Crippen LogP contribution in [0.4, 0.5) is 0 Å². The molecule has 0 aliphatic rings. The number of aromatic carboxylic acids is 1. The summed E-state index contributed by atoms with van der Waals surface area (Å²) in [7, 11) is 0. The monoisotopic (exact) mass is 451 g/mol. The largest absolute Gasteiger partial charge is 0.508 e. The molecule has 1 aromatic heterocycles. The van der Waals surface area contributed by atoms with E-state index in [4.69, 9.17) is 4.74 Å². The van der Waals surface area contributed by atoms with Crippen molar-refractivity contribution in [3.63, 3.8) is 0 Å². The third-order valence-electron chi connectivity index (χ3n) is 6.23. The van der Waals surface area contributed by atoms with Gasteiger partial charge in [-0.25, -0.2) is 4.79 Å². The first-order valence-corrected chi connectivity index (χ1v) is 11.3. The van der Waals surface area contributed by atoms with Crippen LogP contribution in [0.5, 0.6) is 11.5 Å². The molecule has 5 heteroatoms. The SMILES string of the molecule is Cc1ccccc1-c1cccc2c(CCCOc3cc(O)cc4ccccc34)c(C(=O)O)[nH]c12. The number of para-hydroxylation sites is 1. The zero-order valence-electron chi connectivity index (χ0n) is 18.8. The van der Waals surface area contributed by atoms with Gasteiger partial charge in [0.1, 0.15) is 17.2 Å². The van der Waals surface area contributed by atoms with Gasteiger partial charge in [0.25, 0.3) is 0 Å². The van der Waals surface area contributed by atoms with Crippen LogP contribution in [0.2, 0.25) is 0 Å². The standard InChI is InChI=1S/C29H25NO4/c1-18-8-2-4-10-21(18)23-12-6-13-24-25(28(29(32)33)30-27(23)24)14-7-15-34-26-17-20(31)16-19-9-3-5-11-22(19)26/h2-6,8-13,16-17,30-31H,7,14-15H2,1H3,(H,32,33). The van der Waals surface area contributed by atoms with E-state index in [1.165, 1.54) is 0 Å². The number of phenols is 1. The molecule has 0 aliphatic carbocycles. The molecule has 5 rings (SSSR count). The zero-order valence-corrected chi connectivity index (χ0v) is 18.8. The molecule has 0 unspecified atom stereocenters. The van der Waals surface area contributed by atoms with Crippen LogP contribution < -0.4 is 4.74 Å². The summed E-state index contributed by atoms with van der Waals surface area (Å²) in [5.41, 5.74) is 5.05. The Bertz CT molecular complexity index is 1520. The number of carboxylic acid groups (broad SMARTS) is 1. The van der Waals surface area contributed by atoms with E-state index in [1.54, 1.807) is 12.1 Å². The Morgan fingerprint density at radius 3 is 2.47 bits per heavy atom. The van der Waals surface area contributed by atoms with E-state index >= 15 is 0 Å². The van der Waals surface area contributed by atoms with Gasteiger partial charge in [-0.3, -0.25) is 0 Å². The summed E-state index contributed by atoms with van der Waals surface area (Å²) in [6.07, 6.45) is 1.18. The maximum absolute atomic E-state index is 12.1. The predicted octanol–water partition coefficient (Wildman–Crippen LogP) is 6.71. The van der Waals surface area contributed by atoms with Gasteiger partial charge in [0.05, 0.1) is 12.1 Å². The second kappa shape index (κ2) is 8.94. The molecule has 1 heterocycles. The van der Waals surface area contributed by atoms with Crippen LogP contribution in [-0.2, 0) is 6.42 Å². The molecule has 0 saturated carbocycles. The second-order valence-corrected chi connectivity index (χ2v) is 8.44. The molecule has 4 aromatic carbocycles. The average molecular weight is 452 g/mol. The summed E-state index contributed by atoms with van der Waals surface area (Å²) >= 11 is 0. The summed E-state index contributed by atoms with van der Waals surface area (Å²) in [4.78, 5) is 15.2. The Balaban J connectivity index is 1.42. The van der Waals surface area contributed by atoms with Gasteiger partial charge < -0.3 is 19.9 Å². The van der Waals surface area contributed by atoms with Crippen LogP contribution in [0.1, 0.15) is 28.0 Å². The lowest BCUT2D eigenvalue weighted by molar-refractivity contribution is 0.0690. The Hall–Kier alpha value is -4.25. The molecule has 0 bridgehead atoms. The minimum absolute atomic E-state index is 0.155. The first-order valence-electron chi connectivity index (χ1n) is 11.3. The van der Waals surface area contributed by atoms with E-state index in [2.05, 4.69) is 24.0 Å². The van der Waals surface area contributed by atoms with Crippen molar-refractivity contribution in [1.82, 2.24) is 4.98 Å². The number of phenolic OH excluding ortho intramolecular Hbond substituents is 1. The van der Waals surface area contributed by atoms with Crippen LogP contribution >= 0.6 is 0 Å². The van der Waals surface area contributed by atoms with Crippen molar-refractivity contribution < 1.29 is 19.7 Å². The third-order valence-corrected chi connectivity index (χ3v) is 6.23. The Kier molecular flexibility index (Phi) is 5.68. The van der Waals surface area contributed by atoms with Crippen LogP contribution in [-0.4, -0.2) is 27.8 Å². The summed E-state index contributed by atoms with van der Waals surface area (Å²) in [5, 5.41) is 22.7. The van der Waals surface area contributed by atoms with E-state index < -0.39 is 5.97 Å². The molecular weight excluding hydrogens is 426 g/mol. The first-order chi connectivity index (χ1) is 16.5. The van der Waals surface area contributed by atoms with Gasteiger partial charge in [-0.05, 0) is 47.9 Å². The summed E-state index contributed by atoms with van der Waals surface area (Å²) in [6.45, 7) is 2.45. The fourth-order valence-corrected chi connectivity index (χ4v) is 4.63. The highest BCUT2D eigenvalue weighted by Crippen LogP contribution is 2.34. The molecule has 0 saturated heterocycles. The second-order valence-electron chi connectivity index (χ2n) is 8.44. The number of carboxylic acids is 1. The van der Waals surface area contributed by atoms with E-state index in [9.17, 15) is 15.0 Å². The molecule has 0 spiro atoms. The van der Waals surface area contributed by atoms with Crippen molar-refractivity contribution in [3.05, 3.63) is 95.7 Å². The fourth-order valence-electron chi connectivity index (χ4n) is 4.63. The zero-order chi connectivity index (χ0) is 23.7. The lowest BCUT2D eigenvalue weighted by Gasteiger charge is -2.10. The number of rotatable bonds is 7. The van der Waals surface area contributed by atoms with Crippen LogP contribution in [0.3, 0.4) is 0 Å². The number of carbonyl (C=O) groups is 1. The highest BCUT2D eigenvalue weighted by molar-refractivity contribution is 6.03. The normalized spacial score (nSPS) is 11.2. The van der Waals surface area contributed by atoms with Crippen molar-refractivity contribution in [2.45, 2.75) is 19.8 Å². The molecule has 170 valence electrons. The van der Waals surface area contributed by atoms with Gasteiger partial charge in [0, 0.05) is 22.4 Å². The molecule has 0 atom stereocenters. The molecule has 0 radical (unpaired) electrons. The maximum Gasteiger partial charge on any atom is 0.352 e. The number of ether oxygens (including phenoxy) is 1. The minimum Gasteiger partial charge on any atom is -0.508 e. The maximum atomic E-state index is 12.1. The Morgan fingerprint density at radius 1 is 0.912 bits per heavy atom. The van der Waals surface area contributed by atoms with E-state index in [0.717, 1.165) is 43.9 Å². The number of H-pyrrole nitrogens is 1. The lowest BCUT2D eigenvalue weighted by atomic mass is 9.97. The summed E-state index contributed by atoms with van der Waals surface area (Å²) in [5.74, 6) is -0.195. The van der Waals surface area contributed by atoms with Gasteiger partial charge >= 0.3 is 5.97 Å². The van der Waals surface area contributed by atoms with Crippen LogP contribution in [0.25, 0.3) is 32.8 Å². The topological polar surface area (TPSA) is 82.6 Å². The van der Waals surface area contributed by atoms with E-state index in [0.29, 0.717) is 25.2 Å². The van der Waals surface area contributed by atoms with Gasteiger partial charge in [-0.15, -0.1) is 0 Å². The van der Waals surface area contributed by atoms with Crippen molar-refractivity contribution >= 4 is 27.6 Å². The number of nitrogens with one attached hydrogen (secondary N) is 1. The van der Waals surface area contributed by atoms with Crippen LogP contribution in [0.15, 0.2) is 78.9 Å². The number of fused-ring (bicyclic) bond motifs is 2. The van der Waals surface area contributed by atoms with Crippen molar-refractivity contribution in [1.29, 1.82) is 0 Å². The summed E-state index contributed by atoms with van der Waals surface area (Å²) < 4.78 is 6.00. The molecule has 5 nitrogen and oxygen atoms in total. The number of hydrogen-bond donors (Lipinski definition) is 3. The van der Waals surface area contributed by atoms with E-state index in [-0.39, 0.29) is 11.4 Å². The molecule has 34 heavy (non-hydrogen) atoms. The van der Waals surface area contributed by atoms with Gasteiger partial charge in [0.15, 0.2) is 0 Å². The quantitative estimate of drug-likeness (QED) is 0.240. The number of hydrogen-bond acceptors (Lipinski definition) is 3. The highest BCUT2D eigenvalue weighted by Gasteiger charge is 2.19. The lowest BCUT2D eigenvalue weighted by Crippen LogP contribution is -2.04. The summed E-state index contributed by atoms with van der Waals surface area (Å²) in [6, 6.07) is 25.1. The molecule has 3 N–H and O–H groups in total. The highest BCUT2D eigenvalue weighted by atomic mass is 16.5. The number of aromatic hydroxyl groups is 1. The fraction of sp³-hybridized carbons (Fsp3) is 0.138.